The predicted molar refractivity (Wildman–Crippen MR) is 93.1 cm³/mol. The van der Waals surface area contributed by atoms with Crippen LogP contribution in [0.4, 0.5) is 0 Å². The van der Waals surface area contributed by atoms with E-state index in [9.17, 15) is 4.79 Å². The van der Waals surface area contributed by atoms with Crippen LogP contribution in [0, 0.1) is 6.92 Å². The van der Waals surface area contributed by atoms with Gasteiger partial charge in [-0.2, -0.15) is 0 Å². The van der Waals surface area contributed by atoms with Crippen molar-refractivity contribution in [1.82, 2.24) is 20.4 Å². The molecule has 3 heterocycles. The number of rotatable bonds is 4. The van der Waals surface area contributed by atoms with Gasteiger partial charge >= 0.3 is 0 Å². The number of hydrogen-bond donors (Lipinski definition) is 1. The molecule has 24 heavy (non-hydrogen) atoms. The van der Waals surface area contributed by atoms with Crippen LogP contribution in [-0.2, 0) is 6.54 Å². The fourth-order valence-electron chi connectivity index (χ4n) is 2.96. The summed E-state index contributed by atoms with van der Waals surface area (Å²) in [5, 5.41) is 7.29. The molecule has 0 aliphatic carbocycles. The third-order valence-electron chi connectivity index (χ3n) is 4.15. The van der Waals surface area contributed by atoms with Crippen molar-refractivity contribution >= 4 is 18.3 Å². The predicted octanol–water partition coefficient (Wildman–Crippen LogP) is 2.58. The average Bonchev–Trinajstić information content (AvgIpc) is 2.84. The maximum atomic E-state index is 12.9. The van der Waals surface area contributed by atoms with Gasteiger partial charge in [0.15, 0.2) is 5.69 Å². The summed E-state index contributed by atoms with van der Waals surface area (Å²) in [7, 11) is 0. The van der Waals surface area contributed by atoms with Crippen LogP contribution in [0.5, 0.6) is 0 Å². The first kappa shape index (κ1) is 18.4. The molecule has 1 amide bonds. The van der Waals surface area contributed by atoms with E-state index in [4.69, 9.17) is 4.52 Å². The van der Waals surface area contributed by atoms with Crippen molar-refractivity contribution in [3.63, 3.8) is 0 Å². The number of nitrogens with zero attached hydrogens (tertiary/aromatic N) is 3. The number of aromatic nitrogens is 2. The van der Waals surface area contributed by atoms with Gasteiger partial charge in [0.05, 0.1) is 12.2 Å². The first-order valence-electron chi connectivity index (χ1n) is 8.09. The largest absolute Gasteiger partial charge is 0.361 e. The van der Waals surface area contributed by atoms with Gasteiger partial charge < -0.3 is 14.7 Å². The summed E-state index contributed by atoms with van der Waals surface area (Å²) >= 11 is 0. The molecule has 0 spiro atoms. The quantitative estimate of drug-likeness (QED) is 0.917. The minimum Gasteiger partial charge on any atom is -0.361 e. The van der Waals surface area contributed by atoms with Gasteiger partial charge in [-0.1, -0.05) is 11.2 Å². The second-order valence-corrected chi connectivity index (χ2v) is 5.91. The number of hydrogen-bond acceptors (Lipinski definition) is 5. The maximum absolute atomic E-state index is 12.9. The monoisotopic (exact) mass is 350 g/mol. The molecule has 0 radical (unpaired) electrons. The molecule has 2 aromatic heterocycles. The van der Waals surface area contributed by atoms with E-state index in [2.05, 4.69) is 15.5 Å². The SMILES string of the molecule is Cc1cc(C(=O)N(Cc2ccccn2)C2CCCNCC2)no1.Cl. The lowest BCUT2D eigenvalue weighted by atomic mass is 10.1. The molecule has 1 aliphatic heterocycles. The van der Waals surface area contributed by atoms with E-state index in [1.807, 2.05) is 23.1 Å². The molecule has 0 bridgehead atoms. The molecular weight excluding hydrogens is 328 g/mol. The van der Waals surface area contributed by atoms with Crippen LogP contribution in [-0.4, -0.2) is 40.1 Å². The Morgan fingerprint density at radius 2 is 2.25 bits per heavy atom. The third-order valence-corrected chi connectivity index (χ3v) is 4.15. The summed E-state index contributed by atoms with van der Waals surface area (Å²) in [4.78, 5) is 19.2. The van der Waals surface area contributed by atoms with Gasteiger partial charge in [-0.25, -0.2) is 0 Å². The molecular formula is C17H23ClN4O2. The lowest BCUT2D eigenvalue weighted by molar-refractivity contribution is 0.0631. The maximum Gasteiger partial charge on any atom is 0.276 e. The molecule has 1 fully saturated rings. The van der Waals surface area contributed by atoms with Crippen LogP contribution in [0.3, 0.4) is 0 Å². The molecule has 6 nitrogen and oxygen atoms in total. The Morgan fingerprint density at radius 3 is 2.96 bits per heavy atom. The molecule has 1 unspecified atom stereocenters. The summed E-state index contributed by atoms with van der Waals surface area (Å²) in [6, 6.07) is 7.66. The fraction of sp³-hybridized carbons (Fsp3) is 0.471. The molecule has 0 saturated carbocycles. The van der Waals surface area contributed by atoms with Gasteiger partial charge in [0.1, 0.15) is 5.76 Å². The third kappa shape index (κ3) is 4.55. The number of carbonyl (C=O) groups is 1. The molecule has 0 aromatic carbocycles. The van der Waals surface area contributed by atoms with Gasteiger partial charge in [-0.15, -0.1) is 12.4 Å². The highest BCUT2D eigenvalue weighted by Gasteiger charge is 2.27. The van der Waals surface area contributed by atoms with Gasteiger partial charge in [0.2, 0.25) is 0 Å². The first-order valence-corrected chi connectivity index (χ1v) is 8.09. The van der Waals surface area contributed by atoms with Crippen molar-refractivity contribution < 1.29 is 9.32 Å². The van der Waals surface area contributed by atoms with Crippen LogP contribution in [0.25, 0.3) is 0 Å². The Bertz CT molecular complexity index is 639. The number of carbonyl (C=O) groups excluding carboxylic acids is 1. The molecule has 1 saturated heterocycles. The van der Waals surface area contributed by atoms with Gasteiger partial charge in [-0.05, 0) is 51.4 Å². The molecule has 1 aliphatic rings. The summed E-state index contributed by atoms with van der Waals surface area (Å²) in [5.41, 5.74) is 1.26. The second-order valence-electron chi connectivity index (χ2n) is 5.91. The van der Waals surface area contributed by atoms with Crippen molar-refractivity contribution in [3.05, 3.63) is 47.6 Å². The minimum absolute atomic E-state index is 0. The van der Waals surface area contributed by atoms with E-state index in [1.54, 1.807) is 19.2 Å². The lowest BCUT2D eigenvalue weighted by Crippen LogP contribution is -2.40. The van der Waals surface area contributed by atoms with E-state index in [-0.39, 0.29) is 24.4 Å². The summed E-state index contributed by atoms with van der Waals surface area (Å²) < 4.78 is 5.07. The zero-order valence-electron chi connectivity index (χ0n) is 13.8. The first-order chi connectivity index (χ1) is 11.2. The number of pyridine rings is 1. The topological polar surface area (TPSA) is 71.3 Å². The summed E-state index contributed by atoms with van der Waals surface area (Å²) in [6.45, 7) is 4.22. The number of amides is 1. The molecule has 2 aromatic rings. The standard InChI is InChI=1S/C17H22N4O2.ClH/c1-13-11-16(20-23-13)17(22)21(12-14-5-2-3-9-19-14)15-6-4-8-18-10-7-15;/h2-3,5,9,11,15,18H,4,6-8,10,12H2,1H3;1H. The van der Waals surface area contributed by atoms with Crippen LogP contribution >= 0.6 is 12.4 Å². The highest BCUT2D eigenvalue weighted by molar-refractivity contribution is 5.92. The Kier molecular flexibility index (Phi) is 6.75. The Morgan fingerprint density at radius 1 is 1.38 bits per heavy atom. The smallest absolute Gasteiger partial charge is 0.276 e. The Labute approximate surface area is 148 Å². The van der Waals surface area contributed by atoms with Crippen molar-refractivity contribution in [2.75, 3.05) is 13.1 Å². The highest BCUT2D eigenvalue weighted by atomic mass is 35.5. The van der Waals surface area contributed by atoms with Crippen LogP contribution in [0.2, 0.25) is 0 Å². The van der Waals surface area contributed by atoms with Crippen molar-refractivity contribution in [1.29, 1.82) is 0 Å². The molecule has 7 heteroatoms. The molecule has 3 rings (SSSR count). The average molecular weight is 351 g/mol. The lowest BCUT2D eigenvalue weighted by Gasteiger charge is -2.30. The minimum atomic E-state index is -0.0839. The van der Waals surface area contributed by atoms with E-state index >= 15 is 0 Å². The van der Waals surface area contributed by atoms with Crippen LogP contribution in [0.15, 0.2) is 35.0 Å². The Hall–Kier alpha value is -1.92. The van der Waals surface area contributed by atoms with E-state index in [0.29, 0.717) is 18.0 Å². The molecule has 130 valence electrons. The summed E-state index contributed by atoms with van der Waals surface area (Å²) in [5.74, 6) is 0.563. The zero-order chi connectivity index (χ0) is 16.1. The van der Waals surface area contributed by atoms with Gasteiger partial charge in [0, 0.05) is 18.3 Å². The normalized spacial score (nSPS) is 17.6. The highest BCUT2D eigenvalue weighted by Crippen LogP contribution is 2.19. The molecule has 1 atom stereocenters. The van der Waals surface area contributed by atoms with Crippen molar-refractivity contribution in [2.45, 2.75) is 38.8 Å². The number of nitrogens with one attached hydrogen (secondary N) is 1. The van der Waals surface area contributed by atoms with E-state index < -0.39 is 0 Å². The number of halogens is 1. The van der Waals surface area contributed by atoms with Gasteiger partial charge in [-0.3, -0.25) is 9.78 Å². The van der Waals surface area contributed by atoms with E-state index in [1.165, 1.54) is 0 Å². The van der Waals surface area contributed by atoms with Crippen molar-refractivity contribution in [2.24, 2.45) is 0 Å². The zero-order valence-corrected chi connectivity index (χ0v) is 14.6. The van der Waals surface area contributed by atoms with E-state index in [0.717, 1.165) is 38.0 Å². The second kappa shape index (κ2) is 8.80. The van der Waals surface area contributed by atoms with Gasteiger partial charge in [0.25, 0.3) is 5.91 Å². The summed E-state index contributed by atoms with van der Waals surface area (Å²) in [6.07, 6.45) is 4.75. The fourth-order valence-corrected chi connectivity index (χ4v) is 2.96. The molecule has 1 N–H and O–H groups in total. The van der Waals surface area contributed by atoms with Crippen LogP contribution in [0.1, 0.15) is 41.2 Å². The van der Waals surface area contributed by atoms with Crippen molar-refractivity contribution in [3.8, 4) is 0 Å². The Balaban J connectivity index is 0.00000208. The number of aryl methyl sites for hydroxylation is 1. The van der Waals surface area contributed by atoms with Crippen LogP contribution < -0.4 is 5.32 Å².